The van der Waals surface area contributed by atoms with E-state index in [2.05, 4.69) is 26.0 Å². The molecule has 19 heavy (non-hydrogen) atoms. The second-order valence-corrected chi connectivity index (χ2v) is 6.14. The first-order chi connectivity index (χ1) is 8.62. The summed E-state index contributed by atoms with van der Waals surface area (Å²) < 4.78 is 29.0. The van der Waals surface area contributed by atoms with E-state index in [4.69, 9.17) is 0 Å². The van der Waals surface area contributed by atoms with Gasteiger partial charge in [-0.15, -0.1) is 0 Å². The maximum Gasteiger partial charge on any atom is 0.243 e. The summed E-state index contributed by atoms with van der Waals surface area (Å²) in [7, 11) is 0.274. The Morgan fingerprint density at radius 2 is 2.00 bits per heavy atom. The summed E-state index contributed by atoms with van der Waals surface area (Å²) in [6.07, 6.45) is 2.72. The molecule has 0 aromatic heterocycles. The second kappa shape index (κ2) is 11.0. The molecule has 1 unspecified atom stereocenters. The third-order valence-electron chi connectivity index (χ3n) is 2.11. The molecule has 0 saturated carbocycles. The summed E-state index contributed by atoms with van der Waals surface area (Å²) in [6.45, 7) is 8.11. The number of hydrogen-bond donors (Lipinski definition) is 2. The second-order valence-electron chi connectivity index (χ2n) is 4.62. The third-order valence-corrected chi connectivity index (χ3v) is 3.01. The van der Waals surface area contributed by atoms with E-state index in [0.29, 0.717) is 6.42 Å². The summed E-state index contributed by atoms with van der Waals surface area (Å²) in [5.74, 6) is -0.330. The van der Waals surface area contributed by atoms with Gasteiger partial charge in [0.05, 0.1) is 30.8 Å². The first-order valence-corrected chi connectivity index (χ1v) is 7.85. The van der Waals surface area contributed by atoms with Crippen LogP contribution in [0, 0.1) is 0 Å². The molecule has 0 aliphatic rings. The van der Waals surface area contributed by atoms with Crippen LogP contribution in [0.25, 0.3) is 0 Å². The van der Waals surface area contributed by atoms with Crippen LogP contribution >= 0.6 is 0 Å². The van der Waals surface area contributed by atoms with Crippen molar-refractivity contribution in [1.82, 2.24) is 5.32 Å². The molecule has 6 nitrogen and oxygen atoms in total. The Hall–Kier alpha value is -0.920. The molecule has 0 saturated heterocycles. The van der Waals surface area contributed by atoms with Gasteiger partial charge in [0.25, 0.3) is 0 Å². The van der Waals surface area contributed by atoms with Crippen LogP contribution in [0.5, 0.6) is 0 Å². The molecule has 114 valence electrons. The largest absolute Gasteiger partial charge is 0.748 e. The highest BCUT2D eigenvalue weighted by atomic mass is 32.2. The van der Waals surface area contributed by atoms with E-state index in [1.54, 1.807) is 6.92 Å². The Labute approximate surface area is 116 Å². The van der Waals surface area contributed by atoms with Crippen LogP contribution in [-0.4, -0.2) is 51.3 Å². The van der Waals surface area contributed by atoms with Gasteiger partial charge in [0, 0.05) is 18.2 Å². The predicted molar refractivity (Wildman–Crippen MR) is 75.0 cm³/mol. The summed E-state index contributed by atoms with van der Waals surface area (Å²) in [5, 5.41) is 2.81. The average molecular weight is 294 g/mol. The fourth-order valence-corrected chi connectivity index (χ4v) is 1.63. The molecule has 1 amide bonds. The lowest BCUT2D eigenvalue weighted by molar-refractivity contribution is -0.858. The molecular weight excluding hydrogens is 268 g/mol. The minimum Gasteiger partial charge on any atom is -0.748 e. The molecule has 0 aromatic carbocycles. The number of quaternary nitrogens is 1. The lowest BCUT2D eigenvalue weighted by Gasteiger charge is -2.13. The van der Waals surface area contributed by atoms with Crippen molar-refractivity contribution in [3.8, 4) is 0 Å². The van der Waals surface area contributed by atoms with Gasteiger partial charge in [0.15, 0.2) is 0 Å². The van der Waals surface area contributed by atoms with Crippen molar-refractivity contribution in [3.63, 3.8) is 0 Å². The van der Waals surface area contributed by atoms with Crippen molar-refractivity contribution < 1.29 is 22.7 Å². The van der Waals surface area contributed by atoms with Gasteiger partial charge in [0.2, 0.25) is 5.91 Å². The Bertz CT molecular complexity index is 353. The Kier molecular flexibility index (Phi) is 11.8. The molecule has 0 aliphatic heterocycles. The molecule has 2 N–H and O–H groups in total. The van der Waals surface area contributed by atoms with Crippen LogP contribution < -0.4 is 10.2 Å². The van der Waals surface area contributed by atoms with Gasteiger partial charge >= 0.3 is 0 Å². The number of hydrogen-bond acceptors (Lipinski definition) is 4. The van der Waals surface area contributed by atoms with E-state index < -0.39 is 10.1 Å². The van der Waals surface area contributed by atoms with Crippen LogP contribution in [0.15, 0.2) is 12.7 Å². The van der Waals surface area contributed by atoms with E-state index in [-0.39, 0.29) is 17.7 Å². The number of rotatable bonds is 7. The van der Waals surface area contributed by atoms with Gasteiger partial charge in [-0.25, -0.2) is 8.42 Å². The number of nitrogens with one attached hydrogen (secondary N) is 2. The van der Waals surface area contributed by atoms with Gasteiger partial charge in [-0.2, -0.15) is 0 Å². The van der Waals surface area contributed by atoms with Crippen LogP contribution in [0.3, 0.4) is 0 Å². The van der Waals surface area contributed by atoms with Crippen LogP contribution in [0.1, 0.15) is 26.7 Å². The molecule has 0 rings (SSSR count). The first-order valence-electron chi connectivity index (χ1n) is 6.27. The molecular formula is C12H26N2O4S. The van der Waals surface area contributed by atoms with Crippen LogP contribution in [0.4, 0.5) is 0 Å². The summed E-state index contributed by atoms with van der Waals surface area (Å²) in [5.41, 5.74) is 0. The molecule has 0 spiro atoms. The molecule has 0 bridgehead atoms. The third kappa shape index (κ3) is 19.6. The van der Waals surface area contributed by atoms with Crippen molar-refractivity contribution in [3.05, 3.63) is 12.7 Å². The van der Waals surface area contributed by atoms with Gasteiger partial charge < -0.3 is 14.8 Å². The van der Waals surface area contributed by atoms with E-state index >= 15 is 0 Å². The zero-order chi connectivity index (χ0) is 15.5. The fraction of sp³-hybridized carbons (Fsp3) is 0.750. The average Bonchev–Trinajstić information content (AvgIpc) is 2.25. The summed E-state index contributed by atoms with van der Waals surface area (Å²) >= 11 is 0. The molecule has 0 fully saturated rings. The minimum atomic E-state index is -3.92. The lowest BCUT2D eigenvalue weighted by atomic mass is 10.2. The van der Waals surface area contributed by atoms with Crippen molar-refractivity contribution in [2.75, 3.05) is 26.4 Å². The van der Waals surface area contributed by atoms with E-state index in [9.17, 15) is 17.8 Å². The molecule has 0 aromatic rings. The topological polar surface area (TPSA) is 90.7 Å². The Morgan fingerprint density at radius 1 is 1.47 bits per heavy atom. The highest BCUT2D eigenvalue weighted by Gasteiger charge is 2.05. The van der Waals surface area contributed by atoms with Crippen LogP contribution in [-0.2, 0) is 14.9 Å². The van der Waals surface area contributed by atoms with Crippen molar-refractivity contribution in [2.24, 2.45) is 0 Å². The van der Waals surface area contributed by atoms with Crippen LogP contribution in [0.2, 0.25) is 0 Å². The van der Waals surface area contributed by atoms with E-state index in [0.717, 1.165) is 13.0 Å². The summed E-state index contributed by atoms with van der Waals surface area (Å²) in [4.78, 5) is 12.2. The van der Waals surface area contributed by atoms with Crippen molar-refractivity contribution in [1.29, 1.82) is 0 Å². The highest BCUT2D eigenvalue weighted by Crippen LogP contribution is 1.86. The SMILES string of the molecule is C=CC(=O)NC(C)CC[NH+](C)C.CCCS(=O)(=O)[O-]. The van der Waals surface area contributed by atoms with Gasteiger partial charge in [-0.3, -0.25) is 4.79 Å². The quantitative estimate of drug-likeness (QED) is 0.473. The zero-order valence-electron chi connectivity index (χ0n) is 12.2. The number of amides is 1. The van der Waals surface area contributed by atoms with Crippen molar-refractivity contribution >= 4 is 16.0 Å². The molecule has 1 atom stereocenters. The highest BCUT2D eigenvalue weighted by molar-refractivity contribution is 7.85. The van der Waals surface area contributed by atoms with Crippen molar-refractivity contribution in [2.45, 2.75) is 32.7 Å². The van der Waals surface area contributed by atoms with Gasteiger partial charge in [0.1, 0.15) is 0 Å². The fourth-order valence-electron chi connectivity index (χ4n) is 1.13. The number of carbonyl (C=O) groups is 1. The first kappa shape index (κ1) is 20.4. The maximum atomic E-state index is 10.8. The minimum absolute atomic E-state index is 0.0868. The molecule has 0 radical (unpaired) electrons. The van der Waals surface area contributed by atoms with E-state index in [1.807, 2.05) is 6.92 Å². The monoisotopic (exact) mass is 294 g/mol. The standard InChI is InChI=1S/C9H18N2O.C3H8O3S/c1-5-9(12)10-8(2)6-7-11(3)4;1-2-3-7(4,5)6/h5,8H,1,6-7H2,2-4H3,(H,10,12);2-3H2,1H3,(H,4,5,6). The molecule has 0 heterocycles. The van der Waals surface area contributed by atoms with Gasteiger partial charge in [-0.05, 0) is 19.4 Å². The predicted octanol–water partition coefficient (Wildman–Crippen LogP) is -0.847. The smallest absolute Gasteiger partial charge is 0.243 e. The Balaban J connectivity index is 0. The Morgan fingerprint density at radius 3 is 2.26 bits per heavy atom. The molecule has 7 heteroatoms. The zero-order valence-corrected chi connectivity index (χ0v) is 13.0. The maximum absolute atomic E-state index is 10.8. The lowest BCUT2D eigenvalue weighted by Crippen LogP contribution is -3.05. The summed E-state index contributed by atoms with van der Waals surface area (Å²) in [6, 6.07) is 0.241. The molecule has 0 aliphatic carbocycles. The van der Waals surface area contributed by atoms with E-state index in [1.165, 1.54) is 11.0 Å². The number of carbonyl (C=O) groups excluding carboxylic acids is 1. The normalized spacial score (nSPS) is 12.3. The van der Waals surface area contributed by atoms with Gasteiger partial charge in [-0.1, -0.05) is 13.5 Å².